The molecule has 0 saturated heterocycles. The molecule has 0 amide bonds. The third-order valence-corrected chi connectivity index (χ3v) is 1.42. The summed E-state index contributed by atoms with van der Waals surface area (Å²) in [4.78, 5) is 14.7. The van der Waals surface area contributed by atoms with Gasteiger partial charge in [-0.3, -0.25) is 9.89 Å². The zero-order valence-corrected chi connectivity index (χ0v) is 5.61. The Balaban J connectivity index is 2.98. The topological polar surface area (TPSA) is 50.2 Å². The molecule has 0 bridgehead atoms. The van der Waals surface area contributed by atoms with Crippen LogP contribution < -0.4 is 11.2 Å². The van der Waals surface area contributed by atoms with Crippen molar-refractivity contribution < 1.29 is 0 Å². The van der Waals surface area contributed by atoms with E-state index in [2.05, 4.69) is 10.1 Å². The smallest absolute Gasteiger partial charge is 0.262 e. The number of hydrogen-bond donors (Lipinski definition) is 1. The van der Waals surface area contributed by atoms with Gasteiger partial charge in [-0.2, -0.15) is 0 Å². The van der Waals surface area contributed by atoms with Gasteiger partial charge < -0.3 is 0 Å². The van der Waals surface area contributed by atoms with Gasteiger partial charge in [0.05, 0.1) is 0 Å². The van der Waals surface area contributed by atoms with Gasteiger partial charge in [-0.15, -0.1) is 0 Å². The molecule has 2 radical (unpaired) electrons. The summed E-state index contributed by atoms with van der Waals surface area (Å²) >= 11 is 0. The van der Waals surface area contributed by atoms with E-state index in [0.29, 0.717) is 11.2 Å². The van der Waals surface area contributed by atoms with Crippen LogP contribution in [0.1, 0.15) is 0 Å². The van der Waals surface area contributed by atoms with E-state index < -0.39 is 0 Å². The Morgan fingerprint density at radius 3 is 3.18 bits per heavy atom. The lowest BCUT2D eigenvalue weighted by Crippen LogP contribution is -2.18. The van der Waals surface area contributed by atoms with Crippen LogP contribution in [0, 0.1) is 0 Å². The Morgan fingerprint density at radius 1 is 1.55 bits per heavy atom. The number of aromatic amines is 1. The first-order chi connectivity index (χ1) is 5.27. The van der Waals surface area contributed by atoms with Crippen LogP contribution in [0.4, 0.5) is 0 Å². The molecule has 0 aliphatic rings. The minimum absolute atomic E-state index is 0.192. The van der Waals surface area contributed by atoms with Crippen molar-refractivity contribution in [2.24, 2.45) is 0 Å². The molecule has 52 valence electrons. The minimum atomic E-state index is -0.192. The Morgan fingerprint density at radius 2 is 2.36 bits per heavy atom. The number of aromatic nitrogens is 3. The zero-order chi connectivity index (χ0) is 7.84. The normalized spacial score (nSPS) is 10.5. The van der Waals surface area contributed by atoms with Crippen molar-refractivity contribution in [3.63, 3.8) is 0 Å². The highest BCUT2D eigenvalue weighted by Crippen LogP contribution is 1.88. The lowest BCUT2D eigenvalue weighted by molar-refractivity contribution is 0.925. The van der Waals surface area contributed by atoms with E-state index in [4.69, 9.17) is 7.85 Å². The van der Waals surface area contributed by atoms with Gasteiger partial charge in [0.15, 0.2) is 5.65 Å². The standard InChI is InChI=1S/C6H4BN3O/c7-4-3-8-5-1-2-6(11)9-10(4)5/h1-3H,(H,9,11). The predicted molar refractivity (Wildman–Crippen MR) is 41.2 cm³/mol. The third kappa shape index (κ3) is 0.850. The maximum Gasteiger partial charge on any atom is 0.262 e. The molecular formula is C6H4BN3O. The Bertz CT molecular complexity index is 444. The van der Waals surface area contributed by atoms with E-state index in [0.717, 1.165) is 0 Å². The quantitative estimate of drug-likeness (QED) is 0.474. The molecule has 2 aromatic rings. The average Bonchev–Trinajstić information content (AvgIpc) is 2.33. The van der Waals surface area contributed by atoms with Gasteiger partial charge in [0.25, 0.3) is 5.56 Å². The highest BCUT2D eigenvalue weighted by Gasteiger charge is 1.95. The second-order valence-corrected chi connectivity index (χ2v) is 2.19. The second-order valence-electron chi connectivity index (χ2n) is 2.19. The van der Waals surface area contributed by atoms with Gasteiger partial charge in [0, 0.05) is 17.9 Å². The van der Waals surface area contributed by atoms with E-state index in [1.807, 2.05) is 0 Å². The van der Waals surface area contributed by atoms with Crippen LogP contribution in [0.5, 0.6) is 0 Å². The number of nitrogens with zero attached hydrogens (tertiary/aromatic N) is 2. The largest absolute Gasteiger partial charge is 0.268 e. The van der Waals surface area contributed by atoms with Gasteiger partial charge in [-0.25, -0.2) is 9.50 Å². The molecule has 0 aliphatic carbocycles. The number of rotatable bonds is 0. The molecule has 0 spiro atoms. The Labute approximate surface area is 63.3 Å². The third-order valence-electron chi connectivity index (χ3n) is 1.42. The molecule has 4 nitrogen and oxygen atoms in total. The van der Waals surface area contributed by atoms with Gasteiger partial charge in [-0.1, -0.05) is 0 Å². The lowest BCUT2D eigenvalue weighted by Gasteiger charge is -1.92. The second kappa shape index (κ2) is 1.98. The van der Waals surface area contributed by atoms with Gasteiger partial charge in [0.2, 0.25) is 0 Å². The summed E-state index contributed by atoms with van der Waals surface area (Å²) in [6.45, 7) is 0. The van der Waals surface area contributed by atoms with Crippen molar-refractivity contribution in [3.05, 3.63) is 28.7 Å². The van der Waals surface area contributed by atoms with Gasteiger partial charge in [-0.05, 0) is 6.07 Å². The molecule has 2 heterocycles. The number of fused-ring (bicyclic) bond motifs is 1. The van der Waals surface area contributed by atoms with Crippen LogP contribution in [0.15, 0.2) is 23.1 Å². The predicted octanol–water partition coefficient (Wildman–Crippen LogP) is -1.18. The first-order valence-electron chi connectivity index (χ1n) is 3.09. The molecule has 2 aromatic heterocycles. The van der Waals surface area contributed by atoms with Crippen molar-refractivity contribution in [2.75, 3.05) is 0 Å². The van der Waals surface area contributed by atoms with Crippen LogP contribution in [0.25, 0.3) is 5.65 Å². The molecule has 0 aliphatic heterocycles. The maximum atomic E-state index is 10.8. The average molecular weight is 145 g/mol. The highest BCUT2D eigenvalue weighted by atomic mass is 16.1. The zero-order valence-electron chi connectivity index (χ0n) is 5.61. The number of hydrogen-bond acceptors (Lipinski definition) is 2. The monoisotopic (exact) mass is 145 g/mol. The van der Waals surface area contributed by atoms with Crippen molar-refractivity contribution in [1.82, 2.24) is 14.6 Å². The fourth-order valence-corrected chi connectivity index (χ4v) is 0.917. The van der Waals surface area contributed by atoms with E-state index in [-0.39, 0.29) is 5.56 Å². The summed E-state index contributed by atoms with van der Waals surface area (Å²) in [5, 5.41) is 2.51. The summed E-state index contributed by atoms with van der Waals surface area (Å²) in [5.74, 6) is 0. The van der Waals surface area contributed by atoms with E-state index in [1.165, 1.54) is 16.8 Å². The van der Waals surface area contributed by atoms with Crippen LogP contribution in [0.2, 0.25) is 0 Å². The molecule has 0 atom stereocenters. The first kappa shape index (κ1) is 6.21. The van der Waals surface area contributed by atoms with E-state index >= 15 is 0 Å². The molecular weight excluding hydrogens is 141 g/mol. The SMILES string of the molecule is [B]c1cnc2ccc(=O)[nH]n12. The van der Waals surface area contributed by atoms with E-state index in [9.17, 15) is 4.79 Å². The summed E-state index contributed by atoms with van der Waals surface area (Å²) in [5.41, 5.74) is 0.877. The number of imidazole rings is 1. The molecule has 0 aromatic carbocycles. The first-order valence-corrected chi connectivity index (χ1v) is 3.09. The van der Waals surface area contributed by atoms with Crippen LogP contribution in [0.3, 0.4) is 0 Å². The van der Waals surface area contributed by atoms with Gasteiger partial charge in [0.1, 0.15) is 7.85 Å². The van der Waals surface area contributed by atoms with Gasteiger partial charge >= 0.3 is 0 Å². The summed E-state index contributed by atoms with van der Waals surface area (Å²) in [6, 6.07) is 3.01. The lowest BCUT2D eigenvalue weighted by atomic mass is 10.1. The molecule has 0 fully saturated rings. The number of nitrogens with one attached hydrogen (secondary N) is 1. The number of H-pyrrole nitrogens is 1. The van der Waals surface area contributed by atoms with Crippen LogP contribution in [-0.2, 0) is 0 Å². The molecule has 0 saturated carbocycles. The molecule has 0 unspecified atom stereocenters. The highest BCUT2D eigenvalue weighted by molar-refractivity contribution is 6.30. The fourth-order valence-electron chi connectivity index (χ4n) is 0.917. The molecule has 5 heteroatoms. The van der Waals surface area contributed by atoms with E-state index in [1.54, 1.807) is 6.07 Å². The summed E-state index contributed by atoms with van der Waals surface area (Å²) in [7, 11) is 5.48. The van der Waals surface area contributed by atoms with Crippen molar-refractivity contribution in [2.45, 2.75) is 0 Å². The summed E-state index contributed by atoms with van der Waals surface area (Å²) < 4.78 is 1.43. The van der Waals surface area contributed by atoms with Crippen LogP contribution in [-0.4, -0.2) is 22.4 Å². The fraction of sp³-hybridized carbons (Fsp3) is 0. The molecule has 1 N–H and O–H groups in total. The molecule has 2 rings (SSSR count). The van der Waals surface area contributed by atoms with Crippen molar-refractivity contribution in [1.29, 1.82) is 0 Å². The minimum Gasteiger partial charge on any atom is -0.268 e. The summed E-state index contributed by atoms with van der Waals surface area (Å²) in [6.07, 6.45) is 1.49. The van der Waals surface area contributed by atoms with Crippen LogP contribution >= 0.6 is 0 Å². The molecule has 11 heavy (non-hydrogen) atoms. The van der Waals surface area contributed by atoms with Crippen molar-refractivity contribution in [3.8, 4) is 0 Å². The maximum absolute atomic E-state index is 10.8. The van der Waals surface area contributed by atoms with Crippen molar-refractivity contribution >= 4 is 19.1 Å². The Kier molecular flexibility index (Phi) is 1.12. The Hall–Kier alpha value is -1.52.